The van der Waals surface area contributed by atoms with E-state index in [9.17, 15) is 4.79 Å². The average molecular weight is 489 g/mol. The fourth-order valence-electron chi connectivity index (χ4n) is 3.77. The molecule has 0 radical (unpaired) electrons. The Bertz CT molecular complexity index is 1350. The van der Waals surface area contributed by atoms with Crippen LogP contribution in [0.3, 0.4) is 0 Å². The fraction of sp³-hybridized carbons (Fsp3) is 0.200. The van der Waals surface area contributed by atoms with E-state index in [1.54, 1.807) is 35.9 Å². The third-order valence-electron chi connectivity index (χ3n) is 5.52. The van der Waals surface area contributed by atoms with Gasteiger partial charge in [-0.15, -0.1) is 11.3 Å². The monoisotopic (exact) mass is 488 g/mol. The van der Waals surface area contributed by atoms with Crippen LogP contribution in [0, 0.1) is 0 Å². The maximum absolute atomic E-state index is 11.4. The number of amides is 1. The van der Waals surface area contributed by atoms with E-state index in [0.29, 0.717) is 31.3 Å². The van der Waals surface area contributed by atoms with Crippen LogP contribution in [0.25, 0.3) is 21.5 Å². The lowest BCUT2D eigenvalue weighted by Crippen LogP contribution is -2.36. The number of ether oxygens (including phenoxy) is 2. The van der Waals surface area contributed by atoms with Gasteiger partial charge in [-0.3, -0.25) is 4.79 Å². The minimum absolute atomic E-state index is 0.231. The number of hydrogen-bond donors (Lipinski definition) is 2. The Balaban J connectivity index is 1.41. The van der Waals surface area contributed by atoms with Crippen molar-refractivity contribution in [3.8, 4) is 17.0 Å². The Kier molecular flexibility index (Phi) is 6.55. The molecule has 35 heavy (non-hydrogen) atoms. The molecule has 3 aromatic heterocycles. The number of aromatic nitrogens is 3. The number of nitrogens with two attached hydrogens (primary N) is 1. The lowest BCUT2D eigenvalue weighted by atomic mass is 10.1. The number of anilines is 3. The van der Waals surface area contributed by atoms with E-state index in [1.165, 1.54) is 6.08 Å². The molecule has 1 aliphatic rings. The number of pyridine rings is 1. The molecule has 1 fully saturated rings. The van der Waals surface area contributed by atoms with Crippen molar-refractivity contribution in [2.45, 2.75) is 6.61 Å². The van der Waals surface area contributed by atoms with Crippen LogP contribution >= 0.6 is 11.3 Å². The molecule has 0 unspecified atom stereocenters. The van der Waals surface area contributed by atoms with Crippen molar-refractivity contribution in [3.63, 3.8) is 0 Å². The van der Waals surface area contributed by atoms with Gasteiger partial charge in [-0.05, 0) is 42.5 Å². The van der Waals surface area contributed by atoms with Crippen molar-refractivity contribution in [1.82, 2.24) is 15.0 Å². The Labute approximate surface area is 206 Å². The van der Waals surface area contributed by atoms with E-state index in [2.05, 4.69) is 38.9 Å². The smallest absolute Gasteiger partial charge is 0.247 e. The normalized spacial score (nSPS) is 13.5. The summed E-state index contributed by atoms with van der Waals surface area (Å²) in [6.45, 7) is 6.87. The van der Waals surface area contributed by atoms with Crippen LogP contribution in [0.5, 0.6) is 5.75 Å². The summed E-state index contributed by atoms with van der Waals surface area (Å²) in [5.74, 6) is 0.687. The number of thiophene rings is 1. The van der Waals surface area contributed by atoms with Crippen LogP contribution in [0.1, 0.15) is 4.88 Å². The number of carbonyl (C=O) groups excluding carboxylic acids is 1. The summed E-state index contributed by atoms with van der Waals surface area (Å²) in [7, 11) is 0. The van der Waals surface area contributed by atoms with Crippen molar-refractivity contribution in [2.24, 2.45) is 0 Å². The second-order valence-corrected chi connectivity index (χ2v) is 9.03. The maximum Gasteiger partial charge on any atom is 0.247 e. The van der Waals surface area contributed by atoms with Crippen LogP contribution in [-0.2, 0) is 16.1 Å². The van der Waals surface area contributed by atoms with Crippen LogP contribution in [0.15, 0.2) is 61.4 Å². The van der Waals surface area contributed by atoms with Crippen molar-refractivity contribution in [3.05, 3.63) is 66.3 Å². The molecule has 0 bridgehead atoms. The molecule has 9 nitrogen and oxygen atoms in total. The van der Waals surface area contributed by atoms with Gasteiger partial charge in [0.2, 0.25) is 11.9 Å². The number of hydrogen-bond acceptors (Lipinski definition) is 9. The quantitative estimate of drug-likeness (QED) is 0.377. The molecule has 0 atom stereocenters. The van der Waals surface area contributed by atoms with E-state index >= 15 is 0 Å². The average Bonchev–Trinajstić information content (AvgIpc) is 3.31. The second-order valence-electron chi connectivity index (χ2n) is 7.89. The van der Waals surface area contributed by atoms with Gasteiger partial charge in [-0.1, -0.05) is 6.58 Å². The van der Waals surface area contributed by atoms with Gasteiger partial charge in [0.15, 0.2) is 0 Å². The first kappa shape index (κ1) is 22.8. The Morgan fingerprint density at radius 3 is 2.66 bits per heavy atom. The third kappa shape index (κ3) is 5.23. The molecular formula is C25H24N6O3S. The molecule has 1 aromatic carbocycles. The summed E-state index contributed by atoms with van der Waals surface area (Å²) in [6.07, 6.45) is 4.62. The van der Waals surface area contributed by atoms with Crippen LogP contribution in [-0.4, -0.2) is 47.2 Å². The first-order chi connectivity index (χ1) is 17.1. The summed E-state index contributed by atoms with van der Waals surface area (Å²) in [5, 5.41) is 2.72. The molecule has 0 aliphatic carbocycles. The molecule has 10 heteroatoms. The van der Waals surface area contributed by atoms with Gasteiger partial charge >= 0.3 is 0 Å². The van der Waals surface area contributed by atoms with E-state index in [-0.39, 0.29) is 11.9 Å². The van der Waals surface area contributed by atoms with E-state index in [0.717, 1.165) is 45.1 Å². The number of fused-ring (bicyclic) bond motifs is 1. The predicted molar refractivity (Wildman–Crippen MR) is 138 cm³/mol. The Hall–Kier alpha value is -4.02. The highest BCUT2D eigenvalue weighted by Crippen LogP contribution is 2.37. The number of morpholine rings is 1. The van der Waals surface area contributed by atoms with E-state index < -0.39 is 0 Å². The largest absolute Gasteiger partial charge is 0.488 e. The van der Waals surface area contributed by atoms with E-state index in [1.807, 2.05) is 12.1 Å². The minimum atomic E-state index is -0.252. The molecule has 4 aromatic rings. The summed E-state index contributed by atoms with van der Waals surface area (Å²) >= 11 is 1.67. The molecule has 3 N–H and O–H groups in total. The molecule has 0 saturated carbocycles. The molecule has 178 valence electrons. The van der Waals surface area contributed by atoms with Crippen LogP contribution in [0.2, 0.25) is 0 Å². The SMILES string of the molecule is C=CC(=O)Nc1ccc(OCc2cc3nc(-c4cnc(N)nc4)cc(N4CCOCC4)c3s2)cc1. The first-order valence-electron chi connectivity index (χ1n) is 11.1. The summed E-state index contributed by atoms with van der Waals surface area (Å²) in [5.41, 5.74) is 9.96. The summed E-state index contributed by atoms with van der Waals surface area (Å²) < 4.78 is 12.7. The Morgan fingerprint density at radius 2 is 1.94 bits per heavy atom. The predicted octanol–water partition coefficient (Wildman–Crippen LogP) is 3.88. The zero-order chi connectivity index (χ0) is 24.2. The fourth-order valence-corrected chi connectivity index (χ4v) is 4.82. The number of nitrogens with one attached hydrogen (secondary N) is 1. The maximum atomic E-state index is 11.4. The second kappa shape index (κ2) is 10.1. The lowest BCUT2D eigenvalue weighted by molar-refractivity contribution is -0.111. The van der Waals surface area contributed by atoms with Crippen molar-refractivity contribution < 1.29 is 14.3 Å². The standard InChI is InChI=1S/C25H24N6O3S/c1-2-23(32)29-17-3-5-18(6-4-17)34-15-19-11-21-24(35-19)22(31-7-9-33-10-8-31)12-20(30-21)16-13-27-25(26)28-14-16/h2-6,11-14H,1,7-10,15H2,(H,29,32)(H2,26,27,28). The zero-order valence-corrected chi connectivity index (χ0v) is 19.8. The highest BCUT2D eigenvalue weighted by atomic mass is 32.1. The van der Waals surface area contributed by atoms with Gasteiger partial charge in [-0.25, -0.2) is 15.0 Å². The highest BCUT2D eigenvalue weighted by molar-refractivity contribution is 7.19. The molecule has 1 aliphatic heterocycles. The van der Waals surface area contributed by atoms with E-state index in [4.69, 9.17) is 20.2 Å². The number of nitrogens with zero attached hydrogens (tertiary/aromatic N) is 4. The van der Waals surface area contributed by atoms with Gasteiger partial charge < -0.3 is 25.4 Å². The van der Waals surface area contributed by atoms with Crippen molar-refractivity contribution in [1.29, 1.82) is 0 Å². The highest BCUT2D eigenvalue weighted by Gasteiger charge is 2.19. The van der Waals surface area contributed by atoms with Gasteiger partial charge in [0.1, 0.15) is 12.4 Å². The number of benzene rings is 1. The summed E-state index contributed by atoms with van der Waals surface area (Å²) in [6, 6.07) is 11.4. The Morgan fingerprint density at radius 1 is 1.20 bits per heavy atom. The van der Waals surface area contributed by atoms with Gasteiger partial charge in [0.25, 0.3) is 0 Å². The minimum Gasteiger partial charge on any atom is -0.488 e. The van der Waals surface area contributed by atoms with Crippen LogP contribution < -0.4 is 20.7 Å². The number of rotatable bonds is 7. The number of nitrogen functional groups attached to an aromatic ring is 1. The first-order valence-corrected chi connectivity index (χ1v) is 11.9. The van der Waals surface area contributed by atoms with Gasteiger partial charge in [-0.2, -0.15) is 0 Å². The molecule has 4 heterocycles. The lowest BCUT2D eigenvalue weighted by Gasteiger charge is -2.29. The van der Waals surface area contributed by atoms with Gasteiger partial charge in [0.05, 0.1) is 34.8 Å². The van der Waals surface area contributed by atoms with Crippen molar-refractivity contribution in [2.75, 3.05) is 42.3 Å². The zero-order valence-electron chi connectivity index (χ0n) is 18.9. The van der Waals surface area contributed by atoms with Gasteiger partial charge in [0, 0.05) is 41.6 Å². The third-order valence-corrected chi connectivity index (χ3v) is 6.64. The topological polar surface area (TPSA) is 115 Å². The molecule has 1 amide bonds. The molecular weight excluding hydrogens is 464 g/mol. The van der Waals surface area contributed by atoms with Crippen molar-refractivity contribution >= 4 is 44.8 Å². The summed E-state index contributed by atoms with van der Waals surface area (Å²) in [4.78, 5) is 27.9. The molecule has 0 spiro atoms. The molecule has 5 rings (SSSR count). The van der Waals surface area contributed by atoms with Crippen LogP contribution in [0.4, 0.5) is 17.3 Å². The molecule has 1 saturated heterocycles. The number of carbonyl (C=O) groups is 1.